The SMILES string of the molecule is Cc1noc(CCNC(=O)c2ccc(O)cc2F)n1. The third-order valence-electron chi connectivity index (χ3n) is 2.39. The summed E-state index contributed by atoms with van der Waals surface area (Å²) in [7, 11) is 0. The molecule has 0 bridgehead atoms. The van der Waals surface area contributed by atoms with Crippen LogP contribution in [0.15, 0.2) is 22.7 Å². The summed E-state index contributed by atoms with van der Waals surface area (Å²) in [5.41, 5.74) is -0.125. The number of phenols is 1. The van der Waals surface area contributed by atoms with Gasteiger partial charge in [0, 0.05) is 19.0 Å². The summed E-state index contributed by atoms with van der Waals surface area (Å²) in [6.45, 7) is 1.94. The summed E-state index contributed by atoms with van der Waals surface area (Å²) in [6.07, 6.45) is 0.367. The van der Waals surface area contributed by atoms with Crippen LogP contribution in [0.3, 0.4) is 0 Å². The first-order valence-corrected chi connectivity index (χ1v) is 5.62. The number of benzene rings is 1. The molecule has 2 rings (SSSR count). The zero-order valence-electron chi connectivity index (χ0n) is 10.2. The van der Waals surface area contributed by atoms with E-state index in [0.717, 1.165) is 6.07 Å². The Balaban J connectivity index is 1.90. The minimum atomic E-state index is -0.772. The van der Waals surface area contributed by atoms with Crippen molar-refractivity contribution in [2.45, 2.75) is 13.3 Å². The molecule has 0 fully saturated rings. The van der Waals surface area contributed by atoms with Gasteiger partial charge < -0.3 is 14.9 Å². The number of aromatic hydroxyl groups is 1. The van der Waals surface area contributed by atoms with Gasteiger partial charge in [-0.3, -0.25) is 4.79 Å². The highest BCUT2D eigenvalue weighted by Gasteiger charge is 2.12. The molecule has 7 heteroatoms. The molecule has 1 amide bonds. The topological polar surface area (TPSA) is 88.2 Å². The molecule has 2 N–H and O–H groups in total. The fraction of sp³-hybridized carbons (Fsp3) is 0.250. The molecule has 0 aliphatic heterocycles. The molecule has 6 nitrogen and oxygen atoms in total. The molecule has 0 aliphatic rings. The average molecular weight is 265 g/mol. The number of nitrogens with zero attached hydrogens (tertiary/aromatic N) is 2. The third-order valence-corrected chi connectivity index (χ3v) is 2.39. The Kier molecular flexibility index (Phi) is 3.74. The van der Waals surface area contributed by atoms with Crippen LogP contribution in [-0.4, -0.2) is 27.7 Å². The Morgan fingerprint density at radius 2 is 2.32 bits per heavy atom. The van der Waals surface area contributed by atoms with E-state index in [9.17, 15) is 9.18 Å². The van der Waals surface area contributed by atoms with E-state index in [2.05, 4.69) is 15.5 Å². The minimum Gasteiger partial charge on any atom is -0.508 e. The lowest BCUT2D eigenvalue weighted by atomic mass is 10.2. The molecule has 1 aromatic carbocycles. The van der Waals surface area contributed by atoms with Gasteiger partial charge in [-0.15, -0.1) is 0 Å². The maximum absolute atomic E-state index is 13.4. The van der Waals surface area contributed by atoms with Crippen molar-refractivity contribution in [3.8, 4) is 5.75 Å². The molecule has 100 valence electrons. The predicted octanol–water partition coefficient (Wildman–Crippen LogP) is 1.20. The van der Waals surface area contributed by atoms with Crippen LogP contribution in [0.25, 0.3) is 0 Å². The number of rotatable bonds is 4. The van der Waals surface area contributed by atoms with Gasteiger partial charge in [0.05, 0.1) is 5.56 Å². The Bertz CT molecular complexity index is 598. The van der Waals surface area contributed by atoms with E-state index in [1.54, 1.807) is 6.92 Å². The first-order valence-electron chi connectivity index (χ1n) is 5.62. The lowest BCUT2D eigenvalue weighted by molar-refractivity contribution is 0.0949. The second kappa shape index (κ2) is 5.47. The van der Waals surface area contributed by atoms with Gasteiger partial charge in [0.2, 0.25) is 5.89 Å². The van der Waals surface area contributed by atoms with Crippen molar-refractivity contribution >= 4 is 5.91 Å². The largest absolute Gasteiger partial charge is 0.508 e. The first-order chi connectivity index (χ1) is 9.06. The highest BCUT2D eigenvalue weighted by atomic mass is 19.1. The lowest BCUT2D eigenvalue weighted by Crippen LogP contribution is -2.26. The van der Waals surface area contributed by atoms with E-state index in [4.69, 9.17) is 9.63 Å². The Hall–Kier alpha value is -2.44. The van der Waals surface area contributed by atoms with E-state index >= 15 is 0 Å². The maximum atomic E-state index is 13.4. The predicted molar refractivity (Wildman–Crippen MR) is 63.1 cm³/mol. The van der Waals surface area contributed by atoms with Gasteiger partial charge in [-0.25, -0.2) is 4.39 Å². The van der Waals surface area contributed by atoms with Crippen LogP contribution in [-0.2, 0) is 6.42 Å². The van der Waals surface area contributed by atoms with Crippen molar-refractivity contribution in [3.63, 3.8) is 0 Å². The quantitative estimate of drug-likeness (QED) is 0.867. The number of aryl methyl sites for hydroxylation is 1. The normalized spacial score (nSPS) is 10.4. The van der Waals surface area contributed by atoms with Gasteiger partial charge in [-0.1, -0.05) is 5.16 Å². The third kappa shape index (κ3) is 3.27. The first kappa shape index (κ1) is 13.0. The van der Waals surface area contributed by atoms with Crippen molar-refractivity contribution in [1.29, 1.82) is 0 Å². The number of aromatic nitrogens is 2. The summed E-state index contributed by atoms with van der Waals surface area (Å²) in [4.78, 5) is 15.6. The number of halogens is 1. The maximum Gasteiger partial charge on any atom is 0.254 e. The summed E-state index contributed by atoms with van der Waals surface area (Å²) in [5, 5.41) is 15.2. The molecular weight excluding hydrogens is 253 g/mol. The van der Waals surface area contributed by atoms with Crippen molar-refractivity contribution in [2.75, 3.05) is 6.54 Å². The molecule has 0 saturated carbocycles. The summed E-state index contributed by atoms with van der Waals surface area (Å²) in [5.74, 6) is -0.634. The minimum absolute atomic E-state index is 0.125. The Morgan fingerprint density at radius 3 is 2.95 bits per heavy atom. The van der Waals surface area contributed by atoms with Crippen LogP contribution in [0.1, 0.15) is 22.1 Å². The van der Waals surface area contributed by atoms with Gasteiger partial charge in [-0.05, 0) is 19.1 Å². The standard InChI is InChI=1S/C12H12FN3O3/c1-7-15-11(19-16-7)4-5-14-12(18)9-3-2-8(17)6-10(9)13/h2-3,6,17H,4-5H2,1H3,(H,14,18). The molecular formula is C12H12FN3O3. The van der Waals surface area contributed by atoms with Crippen LogP contribution < -0.4 is 5.32 Å². The zero-order valence-corrected chi connectivity index (χ0v) is 10.2. The number of nitrogens with one attached hydrogen (secondary N) is 1. The molecule has 2 aromatic rings. The van der Waals surface area contributed by atoms with E-state index in [-0.39, 0.29) is 17.9 Å². The van der Waals surface area contributed by atoms with Gasteiger partial charge in [0.15, 0.2) is 5.82 Å². The van der Waals surface area contributed by atoms with Gasteiger partial charge >= 0.3 is 0 Å². The van der Waals surface area contributed by atoms with E-state index < -0.39 is 11.7 Å². The number of hydrogen-bond donors (Lipinski definition) is 2. The number of carbonyl (C=O) groups excluding carboxylic acids is 1. The monoisotopic (exact) mass is 265 g/mol. The highest BCUT2D eigenvalue weighted by molar-refractivity contribution is 5.94. The molecule has 0 atom stereocenters. The molecule has 0 radical (unpaired) electrons. The van der Waals surface area contributed by atoms with Crippen LogP contribution >= 0.6 is 0 Å². The smallest absolute Gasteiger partial charge is 0.254 e. The fourth-order valence-corrected chi connectivity index (χ4v) is 1.51. The van der Waals surface area contributed by atoms with Gasteiger partial charge in [-0.2, -0.15) is 4.98 Å². The van der Waals surface area contributed by atoms with Crippen LogP contribution in [0.4, 0.5) is 4.39 Å². The Morgan fingerprint density at radius 1 is 1.53 bits per heavy atom. The molecule has 19 heavy (non-hydrogen) atoms. The second-order valence-corrected chi connectivity index (χ2v) is 3.91. The fourth-order valence-electron chi connectivity index (χ4n) is 1.51. The lowest BCUT2D eigenvalue weighted by Gasteiger charge is -2.04. The zero-order chi connectivity index (χ0) is 13.8. The second-order valence-electron chi connectivity index (χ2n) is 3.91. The molecule has 0 saturated heterocycles. The number of phenolic OH excluding ortho intramolecular Hbond substituents is 1. The summed E-state index contributed by atoms with van der Waals surface area (Å²) < 4.78 is 18.3. The van der Waals surface area contributed by atoms with E-state index in [0.29, 0.717) is 18.1 Å². The molecule has 0 unspecified atom stereocenters. The van der Waals surface area contributed by atoms with Crippen LogP contribution in [0.2, 0.25) is 0 Å². The van der Waals surface area contributed by atoms with Crippen molar-refractivity contribution in [1.82, 2.24) is 15.5 Å². The van der Waals surface area contributed by atoms with Crippen molar-refractivity contribution < 1.29 is 18.8 Å². The summed E-state index contributed by atoms with van der Waals surface area (Å²) >= 11 is 0. The van der Waals surface area contributed by atoms with Crippen LogP contribution in [0, 0.1) is 12.7 Å². The number of hydrogen-bond acceptors (Lipinski definition) is 5. The van der Waals surface area contributed by atoms with Crippen molar-refractivity contribution in [3.05, 3.63) is 41.3 Å². The van der Waals surface area contributed by atoms with Gasteiger partial charge in [0.1, 0.15) is 11.6 Å². The van der Waals surface area contributed by atoms with E-state index in [1.807, 2.05) is 0 Å². The van der Waals surface area contributed by atoms with Crippen molar-refractivity contribution in [2.24, 2.45) is 0 Å². The van der Waals surface area contributed by atoms with Gasteiger partial charge in [0.25, 0.3) is 5.91 Å². The molecule has 0 spiro atoms. The highest BCUT2D eigenvalue weighted by Crippen LogP contribution is 2.14. The summed E-state index contributed by atoms with van der Waals surface area (Å²) in [6, 6.07) is 3.35. The average Bonchev–Trinajstić information content (AvgIpc) is 2.75. The van der Waals surface area contributed by atoms with Crippen LogP contribution in [0.5, 0.6) is 5.75 Å². The number of amides is 1. The number of carbonyl (C=O) groups is 1. The molecule has 1 aromatic heterocycles. The molecule has 1 heterocycles. The van der Waals surface area contributed by atoms with E-state index in [1.165, 1.54) is 12.1 Å². The molecule has 0 aliphatic carbocycles. The Labute approximate surface area is 108 Å².